The topological polar surface area (TPSA) is 130 Å². The molecule has 9 heteroatoms. The Hall–Kier alpha value is -3.62. The number of carbonyl (C=O) groups is 2. The third-order valence-electron chi connectivity index (χ3n) is 3.81. The van der Waals surface area contributed by atoms with Crippen molar-refractivity contribution < 1.29 is 29.5 Å². The van der Waals surface area contributed by atoms with E-state index in [0.717, 1.165) is 4.90 Å². The second-order valence-electron chi connectivity index (χ2n) is 5.70. The zero-order valence-electron chi connectivity index (χ0n) is 14.5. The van der Waals surface area contributed by atoms with Gasteiger partial charge in [-0.2, -0.15) is 0 Å². The van der Waals surface area contributed by atoms with Gasteiger partial charge in [0.1, 0.15) is 11.5 Å². The SMILES string of the molecule is CN(C(=O)COc1ccc(O)cc1)c1cc(CC[N+](=O)[O-])ccc1C(=O)O. The molecule has 0 fully saturated rings. The predicted molar refractivity (Wildman–Crippen MR) is 96.0 cm³/mol. The van der Waals surface area contributed by atoms with E-state index in [4.69, 9.17) is 4.74 Å². The molecule has 0 bridgehead atoms. The summed E-state index contributed by atoms with van der Waals surface area (Å²) in [7, 11) is 1.40. The van der Waals surface area contributed by atoms with Crippen LogP contribution in [0.3, 0.4) is 0 Å². The maximum absolute atomic E-state index is 12.4. The second-order valence-corrected chi connectivity index (χ2v) is 5.70. The highest BCUT2D eigenvalue weighted by molar-refractivity contribution is 6.02. The molecule has 2 aromatic carbocycles. The number of aromatic hydroxyl groups is 1. The molecule has 27 heavy (non-hydrogen) atoms. The smallest absolute Gasteiger partial charge is 0.337 e. The second kappa shape index (κ2) is 8.65. The first-order valence-electron chi connectivity index (χ1n) is 7.94. The number of hydrogen-bond donors (Lipinski definition) is 2. The van der Waals surface area contributed by atoms with Crippen LogP contribution in [-0.2, 0) is 11.2 Å². The van der Waals surface area contributed by atoms with Crippen molar-refractivity contribution in [3.63, 3.8) is 0 Å². The number of phenolic OH excluding ortho intramolecular Hbond substituents is 1. The Balaban J connectivity index is 2.15. The molecule has 0 unspecified atom stereocenters. The number of benzene rings is 2. The van der Waals surface area contributed by atoms with Crippen LogP contribution in [0.5, 0.6) is 11.5 Å². The van der Waals surface area contributed by atoms with Gasteiger partial charge in [-0.05, 0) is 42.0 Å². The van der Waals surface area contributed by atoms with Gasteiger partial charge in [-0.15, -0.1) is 0 Å². The molecule has 0 radical (unpaired) electrons. The lowest BCUT2D eigenvalue weighted by Crippen LogP contribution is -2.32. The number of carbonyl (C=O) groups excluding carboxylic acids is 1. The quantitative estimate of drug-likeness (QED) is 0.533. The number of carboxylic acids is 1. The Bertz CT molecular complexity index is 849. The van der Waals surface area contributed by atoms with Crippen molar-refractivity contribution >= 4 is 17.6 Å². The molecule has 1 amide bonds. The minimum absolute atomic E-state index is 0.0587. The highest BCUT2D eigenvalue weighted by Crippen LogP contribution is 2.23. The summed E-state index contributed by atoms with van der Waals surface area (Å²) in [4.78, 5) is 35.0. The first-order valence-corrected chi connectivity index (χ1v) is 7.94. The molecule has 9 nitrogen and oxygen atoms in total. The summed E-state index contributed by atoms with van der Waals surface area (Å²) in [5.74, 6) is -1.29. The van der Waals surface area contributed by atoms with Crippen LogP contribution in [0.4, 0.5) is 5.69 Å². The van der Waals surface area contributed by atoms with Crippen LogP contribution >= 0.6 is 0 Å². The number of amides is 1. The highest BCUT2D eigenvalue weighted by Gasteiger charge is 2.20. The number of rotatable bonds is 8. The molecule has 0 spiro atoms. The van der Waals surface area contributed by atoms with E-state index in [9.17, 15) is 29.9 Å². The van der Waals surface area contributed by atoms with Crippen LogP contribution < -0.4 is 9.64 Å². The Kier molecular flexibility index (Phi) is 6.32. The van der Waals surface area contributed by atoms with Crippen LogP contribution in [-0.4, -0.2) is 47.2 Å². The summed E-state index contributed by atoms with van der Waals surface area (Å²) in [6.07, 6.45) is 0.117. The molecular formula is C18H18N2O7. The zero-order chi connectivity index (χ0) is 20.0. The van der Waals surface area contributed by atoms with Gasteiger partial charge >= 0.3 is 5.97 Å². The maximum Gasteiger partial charge on any atom is 0.337 e. The fraction of sp³-hybridized carbons (Fsp3) is 0.222. The van der Waals surface area contributed by atoms with E-state index in [2.05, 4.69) is 0 Å². The first-order chi connectivity index (χ1) is 12.8. The van der Waals surface area contributed by atoms with Crippen LogP contribution in [0.2, 0.25) is 0 Å². The zero-order valence-corrected chi connectivity index (χ0v) is 14.5. The van der Waals surface area contributed by atoms with Gasteiger partial charge in [0, 0.05) is 18.4 Å². The van der Waals surface area contributed by atoms with Gasteiger partial charge in [-0.1, -0.05) is 6.07 Å². The Morgan fingerprint density at radius 2 is 1.85 bits per heavy atom. The number of carboxylic acid groups (broad SMARTS) is 1. The number of ether oxygens (including phenoxy) is 1. The molecular weight excluding hydrogens is 356 g/mol. The molecule has 0 aliphatic carbocycles. The number of nitrogens with zero attached hydrogens (tertiary/aromatic N) is 2. The highest BCUT2D eigenvalue weighted by atomic mass is 16.6. The molecule has 142 valence electrons. The lowest BCUT2D eigenvalue weighted by molar-refractivity contribution is -0.479. The minimum atomic E-state index is -1.22. The van der Waals surface area contributed by atoms with Gasteiger partial charge in [0.15, 0.2) is 6.61 Å². The number of hydrogen-bond acceptors (Lipinski definition) is 6. The summed E-state index contributed by atoms with van der Waals surface area (Å²) in [6.45, 7) is -0.646. The van der Waals surface area contributed by atoms with Crippen molar-refractivity contribution in [2.75, 3.05) is 25.1 Å². The van der Waals surface area contributed by atoms with Crippen molar-refractivity contribution in [3.8, 4) is 11.5 Å². The molecule has 0 aliphatic heterocycles. The first kappa shape index (κ1) is 19.7. The van der Waals surface area contributed by atoms with Crippen molar-refractivity contribution in [2.45, 2.75) is 6.42 Å². The van der Waals surface area contributed by atoms with Crippen LogP contribution in [0.25, 0.3) is 0 Å². The standard InChI is InChI=1S/C18H18N2O7/c1-19(17(22)11-27-14-5-3-13(21)4-6-14)16-10-12(8-9-20(25)26)2-7-15(16)18(23)24/h2-7,10,21H,8-9,11H2,1H3,(H,23,24). The molecule has 0 atom stereocenters. The number of aromatic carboxylic acids is 1. The molecule has 0 aliphatic rings. The summed E-state index contributed by atoms with van der Waals surface area (Å²) < 4.78 is 5.34. The Morgan fingerprint density at radius 3 is 2.44 bits per heavy atom. The van der Waals surface area contributed by atoms with Crippen molar-refractivity contribution in [1.29, 1.82) is 0 Å². The molecule has 0 saturated heterocycles. The average Bonchev–Trinajstić information content (AvgIpc) is 2.64. The number of nitro groups is 1. The normalized spacial score (nSPS) is 10.3. The van der Waals surface area contributed by atoms with Gasteiger partial charge in [-0.25, -0.2) is 4.79 Å². The fourth-order valence-electron chi connectivity index (χ4n) is 2.33. The van der Waals surface area contributed by atoms with Gasteiger partial charge in [0.25, 0.3) is 5.91 Å². The van der Waals surface area contributed by atoms with E-state index in [1.807, 2.05) is 0 Å². The molecule has 2 aromatic rings. The molecule has 0 aromatic heterocycles. The average molecular weight is 374 g/mol. The Morgan fingerprint density at radius 1 is 1.19 bits per heavy atom. The van der Waals surface area contributed by atoms with Crippen molar-refractivity contribution in [1.82, 2.24) is 0 Å². The van der Waals surface area contributed by atoms with Crippen molar-refractivity contribution in [3.05, 3.63) is 63.7 Å². The number of anilines is 1. The number of phenols is 1. The van der Waals surface area contributed by atoms with E-state index in [0.29, 0.717) is 11.3 Å². The summed E-state index contributed by atoms with van der Waals surface area (Å²) in [5.41, 5.74) is 0.578. The molecule has 0 heterocycles. The Labute approximate surface area is 154 Å². The van der Waals surface area contributed by atoms with E-state index < -0.39 is 16.8 Å². The van der Waals surface area contributed by atoms with Gasteiger partial charge < -0.3 is 19.8 Å². The predicted octanol–water partition coefficient (Wildman–Crippen LogP) is 1.95. The van der Waals surface area contributed by atoms with Gasteiger partial charge in [-0.3, -0.25) is 14.9 Å². The number of likely N-dealkylation sites (N-methyl/N-ethyl adjacent to an activating group) is 1. The molecule has 2 rings (SSSR count). The third kappa shape index (κ3) is 5.43. The van der Waals surface area contributed by atoms with Crippen LogP contribution in [0, 0.1) is 10.1 Å². The van der Waals surface area contributed by atoms with E-state index >= 15 is 0 Å². The summed E-state index contributed by atoms with van der Waals surface area (Å²) in [6, 6.07) is 10.0. The summed E-state index contributed by atoms with van der Waals surface area (Å²) in [5, 5.41) is 29.1. The monoisotopic (exact) mass is 374 g/mol. The van der Waals surface area contributed by atoms with E-state index in [1.54, 1.807) is 0 Å². The molecule has 2 N–H and O–H groups in total. The third-order valence-corrected chi connectivity index (χ3v) is 3.81. The van der Waals surface area contributed by atoms with Crippen molar-refractivity contribution in [2.24, 2.45) is 0 Å². The van der Waals surface area contributed by atoms with E-state index in [1.165, 1.54) is 49.5 Å². The van der Waals surface area contributed by atoms with Crippen LogP contribution in [0.15, 0.2) is 42.5 Å². The van der Waals surface area contributed by atoms with Gasteiger partial charge in [0.05, 0.1) is 11.3 Å². The minimum Gasteiger partial charge on any atom is -0.508 e. The summed E-state index contributed by atoms with van der Waals surface area (Å²) >= 11 is 0. The molecule has 0 saturated carbocycles. The largest absolute Gasteiger partial charge is 0.508 e. The lowest BCUT2D eigenvalue weighted by atomic mass is 10.1. The van der Waals surface area contributed by atoms with E-state index in [-0.39, 0.29) is 36.6 Å². The van der Waals surface area contributed by atoms with Gasteiger partial charge in [0.2, 0.25) is 6.54 Å². The maximum atomic E-state index is 12.4. The fourth-order valence-corrected chi connectivity index (χ4v) is 2.33. The lowest BCUT2D eigenvalue weighted by Gasteiger charge is -2.20. The van der Waals surface area contributed by atoms with Crippen LogP contribution in [0.1, 0.15) is 15.9 Å².